The maximum absolute atomic E-state index is 7.39. The molecule has 1 aliphatic heterocycles. The molecule has 0 spiro atoms. The molecule has 0 amide bonds. The first kappa shape index (κ1) is 11.9. The van der Waals surface area contributed by atoms with Crippen LogP contribution in [-0.4, -0.2) is 37.0 Å². The molecule has 0 atom stereocenters. The van der Waals surface area contributed by atoms with Gasteiger partial charge in [-0.1, -0.05) is 12.1 Å². The van der Waals surface area contributed by atoms with Crippen LogP contribution >= 0.6 is 0 Å². The molecule has 0 saturated carbocycles. The molecule has 4 heteroatoms. The van der Waals surface area contributed by atoms with Crippen LogP contribution in [0.3, 0.4) is 0 Å². The minimum atomic E-state index is 0.0822. The van der Waals surface area contributed by atoms with Gasteiger partial charge in [0.1, 0.15) is 17.7 Å². The lowest BCUT2D eigenvalue weighted by atomic mass is 10.1. The highest BCUT2D eigenvalue weighted by Crippen LogP contribution is 2.19. The number of nitrogens with two attached hydrogens (primary N) is 1. The monoisotopic (exact) mass is 233 g/mol. The summed E-state index contributed by atoms with van der Waals surface area (Å²) in [5.41, 5.74) is 6.17. The minimum absolute atomic E-state index is 0.0822. The van der Waals surface area contributed by atoms with Crippen LogP contribution in [0, 0.1) is 5.41 Å². The van der Waals surface area contributed by atoms with Gasteiger partial charge in [-0.3, -0.25) is 5.41 Å². The molecule has 3 N–H and O–H groups in total. The Morgan fingerprint density at radius 1 is 1.41 bits per heavy atom. The zero-order chi connectivity index (χ0) is 12.3. The van der Waals surface area contributed by atoms with Crippen LogP contribution in [0.25, 0.3) is 0 Å². The Labute approximate surface area is 102 Å². The van der Waals surface area contributed by atoms with Gasteiger partial charge in [-0.15, -0.1) is 0 Å². The molecule has 1 aromatic rings. The summed E-state index contributed by atoms with van der Waals surface area (Å²) in [5, 5.41) is 7.39. The Balaban J connectivity index is 1.98. The van der Waals surface area contributed by atoms with Gasteiger partial charge in [0.15, 0.2) is 0 Å². The molecule has 1 fully saturated rings. The summed E-state index contributed by atoms with van der Waals surface area (Å²) < 4.78 is 5.92. The average molecular weight is 233 g/mol. The first-order valence-corrected chi connectivity index (χ1v) is 5.95. The predicted octanol–water partition coefficient (Wildman–Crippen LogP) is 1.44. The Morgan fingerprint density at radius 2 is 2.12 bits per heavy atom. The molecule has 0 aromatic heterocycles. The molecule has 4 nitrogen and oxygen atoms in total. The van der Waals surface area contributed by atoms with E-state index in [1.54, 1.807) is 0 Å². The molecule has 0 radical (unpaired) electrons. The van der Waals surface area contributed by atoms with Gasteiger partial charge in [0, 0.05) is 18.7 Å². The van der Waals surface area contributed by atoms with Crippen molar-refractivity contribution < 1.29 is 4.74 Å². The average Bonchev–Trinajstić information content (AvgIpc) is 2.32. The summed E-state index contributed by atoms with van der Waals surface area (Å²) in [4.78, 5) is 2.31. The van der Waals surface area contributed by atoms with Gasteiger partial charge < -0.3 is 15.4 Å². The quantitative estimate of drug-likeness (QED) is 0.613. The van der Waals surface area contributed by atoms with Gasteiger partial charge in [0.05, 0.1) is 0 Å². The van der Waals surface area contributed by atoms with E-state index in [9.17, 15) is 0 Å². The molecule has 0 unspecified atom stereocenters. The van der Waals surface area contributed by atoms with Gasteiger partial charge in [-0.05, 0) is 32.0 Å². The number of rotatable bonds is 3. The number of likely N-dealkylation sites (tertiary alicyclic amines) is 1. The number of hydrogen-bond donors (Lipinski definition) is 2. The molecule has 92 valence electrons. The molecule has 1 saturated heterocycles. The van der Waals surface area contributed by atoms with E-state index < -0.39 is 0 Å². The van der Waals surface area contributed by atoms with E-state index in [0.717, 1.165) is 37.2 Å². The van der Waals surface area contributed by atoms with Crippen LogP contribution in [0.4, 0.5) is 0 Å². The van der Waals surface area contributed by atoms with Crippen LogP contribution in [-0.2, 0) is 0 Å². The standard InChI is InChI=1S/C13H19N3O/c1-16-7-5-11(6-8-16)17-12-4-2-3-10(9-12)13(14)15/h2-4,9,11H,5-8H2,1H3,(H3,14,15). The maximum atomic E-state index is 7.39. The first-order valence-electron chi connectivity index (χ1n) is 5.95. The van der Waals surface area contributed by atoms with Gasteiger partial charge in [-0.25, -0.2) is 0 Å². The number of nitrogen functional groups attached to an aromatic ring is 1. The summed E-state index contributed by atoms with van der Waals surface area (Å²) in [6, 6.07) is 7.45. The fourth-order valence-corrected chi connectivity index (χ4v) is 2.03. The van der Waals surface area contributed by atoms with Crippen molar-refractivity contribution in [3.8, 4) is 5.75 Å². The Bertz CT molecular complexity index is 397. The first-order chi connectivity index (χ1) is 8.15. The summed E-state index contributed by atoms with van der Waals surface area (Å²) in [7, 11) is 2.13. The number of benzene rings is 1. The second-order valence-electron chi connectivity index (χ2n) is 4.56. The predicted molar refractivity (Wildman–Crippen MR) is 68.6 cm³/mol. The van der Waals surface area contributed by atoms with Crippen LogP contribution in [0.5, 0.6) is 5.75 Å². The zero-order valence-corrected chi connectivity index (χ0v) is 10.1. The molecule has 2 rings (SSSR count). The van der Waals surface area contributed by atoms with E-state index in [1.807, 2.05) is 24.3 Å². The lowest BCUT2D eigenvalue weighted by molar-refractivity contribution is 0.114. The van der Waals surface area contributed by atoms with Crippen molar-refractivity contribution in [2.45, 2.75) is 18.9 Å². The van der Waals surface area contributed by atoms with Crippen molar-refractivity contribution in [3.05, 3.63) is 29.8 Å². The van der Waals surface area contributed by atoms with Crippen LogP contribution in [0.2, 0.25) is 0 Å². The highest BCUT2D eigenvalue weighted by atomic mass is 16.5. The molecular weight excluding hydrogens is 214 g/mol. The molecule has 1 aliphatic rings. The maximum Gasteiger partial charge on any atom is 0.122 e. The molecule has 0 bridgehead atoms. The Kier molecular flexibility index (Phi) is 3.64. The second-order valence-corrected chi connectivity index (χ2v) is 4.56. The third-order valence-electron chi connectivity index (χ3n) is 3.11. The van der Waals surface area contributed by atoms with Crippen molar-refractivity contribution in [2.75, 3.05) is 20.1 Å². The third kappa shape index (κ3) is 3.20. The smallest absolute Gasteiger partial charge is 0.122 e. The summed E-state index contributed by atoms with van der Waals surface area (Å²) in [5.74, 6) is 0.895. The number of piperidine rings is 1. The Morgan fingerprint density at radius 3 is 2.76 bits per heavy atom. The lowest BCUT2D eigenvalue weighted by Gasteiger charge is -2.29. The van der Waals surface area contributed by atoms with E-state index in [1.165, 1.54) is 0 Å². The molecular formula is C13H19N3O. The SMILES string of the molecule is CN1CCC(Oc2cccc(C(=N)N)c2)CC1. The van der Waals surface area contributed by atoms with E-state index in [4.69, 9.17) is 15.9 Å². The van der Waals surface area contributed by atoms with Crippen LogP contribution in [0.1, 0.15) is 18.4 Å². The number of nitrogens with zero attached hydrogens (tertiary/aromatic N) is 1. The normalized spacial score (nSPS) is 17.9. The largest absolute Gasteiger partial charge is 0.490 e. The fourth-order valence-electron chi connectivity index (χ4n) is 2.03. The molecule has 17 heavy (non-hydrogen) atoms. The van der Waals surface area contributed by atoms with Gasteiger partial charge in [0.2, 0.25) is 0 Å². The second kappa shape index (κ2) is 5.19. The van der Waals surface area contributed by atoms with E-state index in [-0.39, 0.29) is 11.9 Å². The van der Waals surface area contributed by atoms with E-state index in [2.05, 4.69) is 11.9 Å². The fraction of sp³-hybridized carbons (Fsp3) is 0.462. The summed E-state index contributed by atoms with van der Waals surface area (Å²) in [6.07, 6.45) is 2.40. The number of ether oxygens (including phenoxy) is 1. The van der Waals surface area contributed by atoms with Crippen molar-refractivity contribution in [1.29, 1.82) is 5.41 Å². The number of amidine groups is 1. The topological polar surface area (TPSA) is 62.3 Å². The molecule has 0 aliphatic carbocycles. The van der Waals surface area contributed by atoms with Gasteiger partial charge >= 0.3 is 0 Å². The van der Waals surface area contributed by atoms with Crippen molar-refractivity contribution in [1.82, 2.24) is 4.90 Å². The van der Waals surface area contributed by atoms with Crippen molar-refractivity contribution in [3.63, 3.8) is 0 Å². The van der Waals surface area contributed by atoms with E-state index in [0.29, 0.717) is 0 Å². The van der Waals surface area contributed by atoms with Crippen LogP contribution < -0.4 is 10.5 Å². The van der Waals surface area contributed by atoms with Crippen LogP contribution in [0.15, 0.2) is 24.3 Å². The Hall–Kier alpha value is -1.55. The van der Waals surface area contributed by atoms with Gasteiger partial charge in [0.25, 0.3) is 0 Å². The summed E-state index contributed by atoms with van der Waals surface area (Å²) in [6.45, 7) is 2.16. The minimum Gasteiger partial charge on any atom is -0.490 e. The lowest BCUT2D eigenvalue weighted by Crippen LogP contribution is -2.35. The van der Waals surface area contributed by atoms with Gasteiger partial charge in [-0.2, -0.15) is 0 Å². The molecule has 1 aromatic carbocycles. The molecule has 1 heterocycles. The highest BCUT2D eigenvalue weighted by molar-refractivity contribution is 5.95. The van der Waals surface area contributed by atoms with E-state index >= 15 is 0 Å². The third-order valence-corrected chi connectivity index (χ3v) is 3.11. The van der Waals surface area contributed by atoms with Crippen molar-refractivity contribution in [2.24, 2.45) is 5.73 Å². The van der Waals surface area contributed by atoms with Crippen molar-refractivity contribution >= 4 is 5.84 Å². The number of nitrogens with one attached hydrogen (secondary N) is 1. The number of hydrogen-bond acceptors (Lipinski definition) is 3. The zero-order valence-electron chi connectivity index (χ0n) is 10.1. The highest BCUT2D eigenvalue weighted by Gasteiger charge is 2.17. The summed E-state index contributed by atoms with van der Waals surface area (Å²) >= 11 is 0.